The number of anilines is 1. The molecule has 19 heavy (non-hydrogen) atoms. The van der Waals surface area contributed by atoms with Crippen LogP contribution in [0, 0.1) is 0 Å². The van der Waals surface area contributed by atoms with Crippen molar-refractivity contribution in [3.63, 3.8) is 0 Å². The molecule has 0 saturated carbocycles. The van der Waals surface area contributed by atoms with Crippen molar-refractivity contribution in [2.45, 2.75) is 26.1 Å². The van der Waals surface area contributed by atoms with Crippen LogP contribution in [0.1, 0.15) is 13.8 Å². The molecule has 106 valence electrons. The van der Waals surface area contributed by atoms with Crippen LogP contribution in [0.4, 0.5) is 5.69 Å². The Balaban J connectivity index is 0.00000180. The molecule has 0 unspecified atom stereocenters. The fourth-order valence-corrected chi connectivity index (χ4v) is 2.23. The number of hydrogen-bond donors (Lipinski definition) is 1. The first-order chi connectivity index (χ1) is 8.65. The largest absolute Gasteiger partial charge is 0.376 e. The molecule has 4 nitrogen and oxygen atoms in total. The van der Waals surface area contributed by atoms with Crippen LogP contribution in [-0.4, -0.2) is 42.6 Å². The van der Waals surface area contributed by atoms with Crippen molar-refractivity contribution in [2.24, 2.45) is 0 Å². The Labute approximate surface area is 120 Å². The average Bonchev–Trinajstić information content (AvgIpc) is 2.36. The van der Waals surface area contributed by atoms with Gasteiger partial charge in [0.15, 0.2) is 0 Å². The minimum absolute atomic E-state index is 0. The van der Waals surface area contributed by atoms with Crippen molar-refractivity contribution in [2.75, 3.05) is 25.0 Å². The van der Waals surface area contributed by atoms with Crippen LogP contribution in [0.5, 0.6) is 0 Å². The van der Waals surface area contributed by atoms with Crippen molar-refractivity contribution >= 4 is 24.0 Å². The Morgan fingerprint density at radius 1 is 1.26 bits per heavy atom. The molecule has 0 bridgehead atoms. The molecule has 0 radical (unpaired) electrons. The van der Waals surface area contributed by atoms with Crippen LogP contribution in [0.15, 0.2) is 30.3 Å². The minimum Gasteiger partial charge on any atom is -0.376 e. The number of morpholine rings is 1. The maximum Gasteiger partial charge on any atom is 0.242 e. The van der Waals surface area contributed by atoms with E-state index in [0.29, 0.717) is 19.6 Å². The maximum absolute atomic E-state index is 12.1. The summed E-state index contributed by atoms with van der Waals surface area (Å²) in [5, 5.41) is 3.14. The number of para-hydroxylation sites is 1. The number of benzene rings is 1. The van der Waals surface area contributed by atoms with Gasteiger partial charge in [0.05, 0.1) is 18.8 Å². The minimum atomic E-state index is 0. The second-order valence-corrected chi connectivity index (χ2v) is 4.78. The van der Waals surface area contributed by atoms with Gasteiger partial charge in [-0.3, -0.25) is 4.79 Å². The molecule has 1 amide bonds. The third-order valence-electron chi connectivity index (χ3n) is 2.99. The lowest BCUT2D eigenvalue weighted by Gasteiger charge is -2.35. The molecule has 5 heteroatoms. The number of ether oxygens (including phenoxy) is 1. The molecule has 1 aromatic carbocycles. The summed E-state index contributed by atoms with van der Waals surface area (Å²) in [7, 11) is 0. The van der Waals surface area contributed by atoms with E-state index in [4.69, 9.17) is 4.74 Å². The summed E-state index contributed by atoms with van der Waals surface area (Å²) >= 11 is 0. The number of nitrogens with one attached hydrogen (secondary N) is 1. The summed E-state index contributed by atoms with van der Waals surface area (Å²) in [6.45, 7) is 5.70. The van der Waals surface area contributed by atoms with Gasteiger partial charge in [-0.15, -0.1) is 12.4 Å². The van der Waals surface area contributed by atoms with Crippen LogP contribution in [0.3, 0.4) is 0 Å². The van der Waals surface area contributed by atoms with Gasteiger partial charge in [0, 0.05) is 18.8 Å². The number of amides is 1. The molecular weight excluding hydrogens is 264 g/mol. The summed E-state index contributed by atoms with van der Waals surface area (Å²) in [5.74, 6) is 0.126. The number of hydrogen-bond acceptors (Lipinski definition) is 3. The standard InChI is InChI=1S/C14H20N2O2.ClH/c1-11-9-16(10-12(2)18-11)14(17)8-15-13-6-4-3-5-7-13;/h3-7,11-12,15H,8-10H2,1-2H3;1H/t11-,12+;. The van der Waals surface area contributed by atoms with E-state index in [2.05, 4.69) is 5.32 Å². The van der Waals surface area contributed by atoms with Gasteiger partial charge < -0.3 is 15.0 Å². The molecule has 1 aromatic rings. The lowest BCUT2D eigenvalue weighted by atomic mass is 10.2. The van der Waals surface area contributed by atoms with E-state index in [1.54, 1.807) is 0 Å². The van der Waals surface area contributed by atoms with Gasteiger partial charge in [-0.2, -0.15) is 0 Å². The number of rotatable bonds is 3. The number of nitrogens with zero attached hydrogens (tertiary/aromatic N) is 1. The Morgan fingerprint density at radius 2 is 1.84 bits per heavy atom. The molecule has 1 aliphatic rings. The van der Waals surface area contributed by atoms with E-state index in [0.717, 1.165) is 5.69 Å². The smallest absolute Gasteiger partial charge is 0.242 e. The number of halogens is 1. The van der Waals surface area contributed by atoms with Crippen LogP contribution in [0.25, 0.3) is 0 Å². The van der Waals surface area contributed by atoms with E-state index in [9.17, 15) is 4.79 Å². The topological polar surface area (TPSA) is 41.6 Å². The van der Waals surface area contributed by atoms with E-state index in [1.807, 2.05) is 49.1 Å². The molecular formula is C14H21ClN2O2. The summed E-state index contributed by atoms with van der Waals surface area (Å²) < 4.78 is 5.62. The SMILES string of the molecule is C[C@@H]1CN(C(=O)CNc2ccccc2)C[C@H](C)O1.Cl. The lowest BCUT2D eigenvalue weighted by Crippen LogP contribution is -2.49. The van der Waals surface area contributed by atoms with Gasteiger partial charge >= 0.3 is 0 Å². The molecule has 1 fully saturated rings. The average molecular weight is 285 g/mol. The molecule has 0 aromatic heterocycles. The second kappa shape index (κ2) is 7.36. The summed E-state index contributed by atoms with van der Waals surface area (Å²) in [4.78, 5) is 13.9. The molecule has 2 atom stereocenters. The van der Waals surface area contributed by atoms with Gasteiger partial charge in [-0.05, 0) is 26.0 Å². The molecule has 1 N–H and O–H groups in total. The van der Waals surface area contributed by atoms with Crippen LogP contribution >= 0.6 is 12.4 Å². The highest BCUT2D eigenvalue weighted by Gasteiger charge is 2.25. The fourth-order valence-electron chi connectivity index (χ4n) is 2.23. The zero-order valence-corrected chi connectivity index (χ0v) is 12.2. The molecule has 0 spiro atoms. The van der Waals surface area contributed by atoms with E-state index >= 15 is 0 Å². The highest BCUT2D eigenvalue weighted by Crippen LogP contribution is 2.11. The van der Waals surface area contributed by atoms with Gasteiger partial charge in [-0.25, -0.2) is 0 Å². The van der Waals surface area contributed by atoms with Gasteiger partial charge in [-0.1, -0.05) is 18.2 Å². The first kappa shape index (κ1) is 15.8. The molecule has 1 saturated heterocycles. The first-order valence-electron chi connectivity index (χ1n) is 6.37. The predicted molar refractivity (Wildman–Crippen MR) is 78.8 cm³/mol. The highest BCUT2D eigenvalue weighted by atomic mass is 35.5. The molecule has 0 aliphatic carbocycles. The molecule has 2 rings (SSSR count). The highest BCUT2D eigenvalue weighted by molar-refractivity contribution is 5.85. The quantitative estimate of drug-likeness (QED) is 0.925. The lowest BCUT2D eigenvalue weighted by molar-refractivity contribution is -0.141. The Bertz CT molecular complexity index is 390. The van der Waals surface area contributed by atoms with Gasteiger partial charge in [0.2, 0.25) is 5.91 Å². The fraction of sp³-hybridized carbons (Fsp3) is 0.500. The third kappa shape index (κ3) is 4.73. The van der Waals surface area contributed by atoms with E-state index in [-0.39, 0.29) is 30.5 Å². The Hall–Kier alpha value is -1.26. The van der Waals surface area contributed by atoms with Gasteiger partial charge in [0.1, 0.15) is 0 Å². The number of carbonyl (C=O) groups is 1. The maximum atomic E-state index is 12.1. The summed E-state index contributed by atoms with van der Waals surface area (Å²) in [5.41, 5.74) is 0.972. The summed E-state index contributed by atoms with van der Waals surface area (Å²) in [6, 6.07) is 9.77. The van der Waals surface area contributed by atoms with E-state index in [1.165, 1.54) is 0 Å². The summed E-state index contributed by atoms with van der Waals surface area (Å²) in [6.07, 6.45) is 0.240. The zero-order valence-electron chi connectivity index (χ0n) is 11.3. The van der Waals surface area contributed by atoms with E-state index < -0.39 is 0 Å². The second-order valence-electron chi connectivity index (χ2n) is 4.78. The first-order valence-corrected chi connectivity index (χ1v) is 6.37. The molecule has 1 heterocycles. The van der Waals surface area contributed by atoms with Crippen molar-refractivity contribution in [1.82, 2.24) is 4.90 Å². The zero-order chi connectivity index (χ0) is 13.0. The number of carbonyl (C=O) groups excluding carboxylic acids is 1. The Kier molecular flexibility index (Phi) is 6.12. The molecule has 1 aliphatic heterocycles. The van der Waals surface area contributed by atoms with Crippen LogP contribution in [0.2, 0.25) is 0 Å². The van der Waals surface area contributed by atoms with Crippen LogP contribution in [-0.2, 0) is 9.53 Å². The third-order valence-corrected chi connectivity index (χ3v) is 2.99. The van der Waals surface area contributed by atoms with Crippen molar-refractivity contribution in [3.05, 3.63) is 30.3 Å². The van der Waals surface area contributed by atoms with Crippen LogP contribution < -0.4 is 5.32 Å². The Morgan fingerprint density at radius 3 is 2.42 bits per heavy atom. The van der Waals surface area contributed by atoms with Gasteiger partial charge in [0.25, 0.3) is 0 Å². The van der Waals surface area contributed by atoms with Crippen molar-refractivity contribution in [1.29, 1.82) is 0 Å². The normalized spacial score (nSPS) is 22.5. The predicted octanol–water partition coefficient (Wildman–Crippen LogP) is 2.16. The van der Waals surface area contributed by atoms with Crippen molar-refractivity contribution in [3.8, 4) is 0 Å². The monoisotopic (exact) mass is 284 g/mol. The van der Waals surface area contributed by atoms with Crippen molar-refractivity contribution < 1.29 is 9.53 Å².